The molecular weight excluding hydrogens is 499 g/mol. The fraction of sp³-hybridized carbons (Fsp3) is 0.417. The predicted molar refractivity (Wildman–Crippen MR) is 129 cm³/mol. The Morgan fingerprint density at radius 2 is 1.77 bits per heavy atom. The normalized spacial score (nSPS) is 15.4. The maximum atomic E-state index is 13.3. The third-order valence-electron chi connectivity index (χ3n) is 5.74. The molecule has 1 aliphatic rings. The van der Waals surface area contributed by atoms with E-state index >= 15 is 0 Å². The molecule has 2 aromatic rings. The van der Waals surface area contributed by atoms with Gasteiger partial charge in [-0.15, -0.1) is 0 Å². The summed E-state index contributed by atoms with van der Waals surface area (Å²) in [6.45, 7) is 2.13. The van der Waals surface area contributed by atoms with Crippen LogP contribution < -0.4 is 5.32 Å². The summed E-state index contributed by atoms with van der Waals surface area (Å²) >= 11 is 15.7. The number of benzene rings is 2. The molecule has 0 aliphatic heterocycles. The van der Waals surface area contributed by atoms with Crippen LogP contribution in [0, 0.1) is 0 Å². The van der Waals surface area contributed by atoms with Crippen LogP contribution in [-0.2, 0) is 22.6 Å². The molecule has 31 heavy (non-hydrogen) atoms. The Kier molecular flexibility index (Phi) is 8.82. The van der Waals surface area contributed by atoms with Crippen LogP contribution in [0.15, 0.2) is 46.9 Å². The van der Waals surface area contributed by atoms with Crippen molar-refractivity contribution in [2.24, 2.45) is 0 Å². The van der Waals surface area contributed by atoms with Crippen molar-refractivity contribution < 1.29 is 9.59 Å². The summed E-state index contributed by atoms with van der Waals surface area (Å²) in [6.07, 6.45) is 5.59. The predicted octanol–water partition coefficient (Wildman–Crippen LogP) is 6.16. The Balaban J connectivity index is 1.77. The zero-order valence-electron chi connectivity index (χ0n) is 17.5. The fourth-order valence-corrected chi connectivity index (χ4v) is 4.61. The molecule has 1 aliphatic carbocycles. The SMILES string of the molecule is C[C@@H](C(=O)NC1CCCCC1)N(Cc1ccc(Br)cc1)C(=O)Cc1ccc(Cl)cc1Cl. The van der Waals surface area contributed by atoms with E-state index in [2.05, 4.69) is 21.2 Å². The zero-order valence-corrected chi connectivity index (χ0v) is 20.6. The highest BCUT2D eigenvalue weighted by Crippen LogP contribution is 2.23. The summed E-state index contributed by atoms with van der Waals surface area (Å²) in [5, 5.41) is 4.12. The molecule has 1 saturated carbocycles. The first kappa shape index (κ1) is 24.1. The number of nitrogens with one attached hydrogen (secondary N) is 1. The minimum Gasteiger partial charge on any atom is -0.352 e. The first-order valence-corrected chi connectivity index (χ1v) is 12.2. The molecule has 0 aromatic heterocycles. The van der Waals surface area contributed by atoms with Crippen LogP contribution in [0.5, 0.6) is 0 Å². The number of rotatable bonds is 7. The summed E-state index contributed by atoms with van der Waals surface area (Å²) in [5.41, 5.74) is 1.65. The highest BCUT2D eigenvalue weighted by atomic mass is 79.9. The van der Waals surface area contributed by atoms with Gasteiger partial charge in [-0.25, -0.2) is 0 Å². The van der Waals surface area contributed by atoms with Gasteiger partial charge in [-0.3, -0.25) is 9.59 Å². The molecule has 0 saturated heterocycles. The Bertz CT molecular complexity index is 914. The Morgan fingerprint density at radius 1 is 1.10 bits per heavy atom. The topological polar surface area (TPSA) is 49.4 Å². The first-order valence-electron chi connectivity index (χ1n) is 10.6. The number of hydrogen-bond acceptors (Lipinski definition) is 2. The van der Waals surface area contributed by atoms with Gasteiger partial charge in [-0.05, 0) is 55.2 Å². The first-order chi connectivity index (χ1) is 14.8. The summed E-state index contributed by atoms with van der Waals surface area (Å²) in [5.74, 6) is -0.266. The van der Waals surface area contributed by atoms with Gasteiger partial charge in [0.15, 0.2) is 0 Å². The molecule has 1 N–H and O–H groups in total. The molecule has 7 heteroatoms. The average Bonchev–Trinajstić information content (AvgIpc) is 2.75. The van der Waals surface area contributed by atoms with Gasteiger partial charge in [0.1, 0.15) is 6.04 Å². The summed E-state index contributed by atoms with van der Waals surface area (Å²) in [7, 11) is 0. The molecule has 0 heterocycles. The second kappa shape index (κ2) is 11.3. The van der Waals surface area contributed by atoms with Crippen LogP contribution in [0.3, 0.4) is 0 Å². The fourth-order valence-electron chi connectivity index (χ4n) is 3.87. The molecule has 2 aromatic carbocycles. The molecule has 3 rings (SSSR count). The maximum Gasteiger partial charge on any atom is 0.242 e. The molecular formula is C24H27BrCl2N2O2. The monoisotopic (exact) mass is 524 g/mol. The van der Waals surface area contributed by atoms with Crippen LogP contribution >= 0.6 is 39.1 Å². The van der Waals surface area contributed by atoms with Gasteiger partial charge in [0.2, 0.25) is 11.8 Å². The standard InChI is InChI=1S/C24H27BrCl2N2O2/c1-16(24(31)28-21-5-3-2-4-6-21)29(15-17-7-10-19(25)11-8-17)23(30)13-18-9-12-20(26)14-22(18)27/h7-12,14,16,21H,2-6,13,15H2,1H3,(H,28,31)/t16-/m0/s1. The van der Waals surface area contributed by atoms with E-state index in [0.29, 0.717) is 22.2 Å². The highest BCUT2D eigenvalue weighted by Gasteiger charge is 2.28. The van der Waals surface area contributed by atoms with Gasteiger partial charge in [0.05, 0.1) is 6.42 Å². The lowest BCUT2D eigenvalue weighted by Gasteiger charge is -2.31. The van der Waals surface area contributed by atoms with E-state index in [1.165, 1.54) is 6.42 Å². The van der Waals surface area contributed by atoms with Crippen LogP contribution in [0.1, 0.15) is 50.2 Å². The third kappa shape index (κ3) is 6.96. The third-order valence-corrected chi connectivity index (χ3v) is 6.86. The lowest BCUT2D eigenvalue weighted by Crippen LogP contribution is -2.50. The number of amides is 2. The van der Waals surface area contributed by atoms with E-state index < -0.39 is 6.04 Å². The molecule has 1 fully saturated rings. The van der Waals surface area contributed by atoms with E-state index in [1.807, 2.05) is 24.3 Å². The van der Waals surface area contributed by atoms with Crippen LogP contribution in [0.2, 0.25) is 10.0 Å². The minimum atomic E-state index is -0.593. The second-order valence-electron chi connectivity index (χ2n) is 8.08. The van der Waals surface area contributed by atoms with Gasteiger partial charge in [0, 0.05) is 27.1 Å². The van der Waals surface area contributed by atoms with E-state index in [9.17, 15) is 9.59 Å². The summed E-state index contributed by atoms with van der Waals surface area (Å²) < 4.78 is 0.963. The largest absolute Gasteiger partial charge is 0.352 e. The number of nitrogens with zero attached hydrogens (tertiary/aromatic N) is 1. The van der Waals surface area contributed by atoms with Crippen LogP contribution in [0.4, 0.5) is 0 Å². The lowest BCUT2D eigenvalue weighted by atomic mass is 9.95. The molecule has 166 valence electrons. The van der Waals surface area contributed by atoms with Crippen molar-refractivity contribution in [1.82, 2.24) is 10.2 Å². The van der Waals surface area contributed by atoms with Gasteiger partial charge < -0.3 is 10.2 Å². The van der Waals surface area contributed by atoms with Crippen molar-refractivity contribution in [3.63, 3.8) is 0 Å². The van der Waals surface area contributed by atoms with Crippen molar-refractivity contribution in [2.75, 3.05) is 0 Å². The quantitative estimate of drug-likeness (QED) is 0.470. The van der Waals surface area contributed by atoms with Gasteiger partial charge >= 0.3 is 0 Å². The Morgan fingerprint density at radius 3 is 2.42 bits per heavy atom. The Labute approximate surface area is 202 Å². The molecule has 4 nitrogen and oxygen atoms in total. The molecule has 2 amide bonds. The molecule has 1 atom stereocenters. The summed E-state index contributed by atoms with van der Waals surface area (Å²) in [4.78, 5) is 27.9. The number of halogens is 3. The van der Waals surface area contributed by atoms with E-state index in [0.717, 1.165) is 35.7 Å². The van der Waals surface area contributed by atoms with Gasteiger partial charge in [0.25, 0.3) is 0 Å². The number of hydrogen-bond donors (Lipinski definition) is 1. The lowest BCUT2D eigenvalue weighted by molar-refractivity contribution is -0.140. The molecule has 0 radical (unpaired) electrons. The smallest absolute Gasteiger partial charge is 0.242 e. The van der Waals surface area contributed by atoms with Crippen molar-refractivity contribution in [2.45, 2.75) is 64.1 Å². The van der Waals surface area contributed by atoms with Crippen molar-refractivity contribution in [1.29, 1.82) is 0 Å². The van der Waals surface area contributed by atoms with Crippen molar-refractivity contribution in [3.05, 3.63) is 68.1 Å². The van der Waals surface area contributed by atoms with Crippen molar-refractivity contribution in [3.8, 4) is 0 Å². The minimum absolute atomic E-state index is 0.105. The molecule has 0 bridgehead atoms. The highest BCUT2D eigenvalue weighted by molar-refractivity contribution is 9.10. The molecule has 0 unspecified atom stereocenters. The summed E-state index contributed by atoms with van der Waals surface area (Å²) in [6, 6.07) is 12.5. The van der Waals surface area contributed by atoms with E-state index in [4.69, 9.17) is 23.2 Å². The van der Waals surface area contributed by atoms with Crippen LogP contribution in [0.25, 0.3) is 0 Å². The molecule has 0 spiro atoms. The van der Waals surface area contributed by atoms with Crippen LogP contribution in [-0.4, -0.2) is 28.8 Å². The van der Waals surface area contributed by atoms with Gasteiger partial charge in [-0.1, -0.05) is 76.6 Å². The number of carbonyl (C=O) groups is 2. The Hall–Kier alpha value is -1.56. The van der Waals surface area contributed by atoms with Crippen molar-refractivity contribution >= 4 is 50.9 Å². The maximum absolute atomic E-state index is 13.3. The van der Waals surface area contributed by atoms with E-state index in [-0.39, 0.29) is 24.3 Å². The van der Waals surface area contributed by atoms with Gasteiger partial charge in [-0.2, -0.15) is 0 Å². The number of carbonyl (C=O) groups excluding carboxylic acids is 2. The zero-order chi connectivity index (χ0) is 22.4. The average molecular weight is 526 g/mol. The van der Waals surface area contributed by atoms with E-state index in [1.54, 1.807) is 30.0 Å². The second-order valence-corrected chi connectivity index (χ2v) is 9.84.